The summed E-state index contributed by atoms with van der Waals surface area (Å²) in [5, 5.41) is -0.490. The number of aryl methyl sites for hydroxylation is 1. The lowest BCUT2D eigenvalue weighted by Gasteiger charge is -2.13. The van der Waals surface area contributed by atoms with E-state index in [1.165, 1.54) is 18.2 Å². The molecule has 0 bridgehead atoms. The Morgan fingerprint density at radius 3 is 2.28 bits per heavy atom. The molecule has 0 aliphatic carbocycles. The average molecular weight is 392 g/mol. The maximum Gasteiger partial charge on any atom is 0.417 e. The molecular weight excluding hydrogens is 375 g/mol. The van der Waals surface area contributed by atoms with Crippen LogP contribution in [0.2, 0.25) is 5.02 Å². The predicted octanol–water partition coefficient (Wildman–Crippen LogP) is 5.50. The monoisotopic (exact) mass is 391 g/mol. The first-order valence-electron chi connectivity index (χ1n) is 7.62. The zero-order chi connectivity index (χ0) is 18.7. The van der Waals surface area contributed by atoms with Gasteiger partial charge in [-0.2, -0.15) is 13.2 Å². The molecule has 0 saturated heterocycles. The normalized spacial score (nSPS) is 12.2. The number of anilines is 1. The molecule has 0 amide bonds. The Labute approximate surface area is 149 Å². The van der Waals surface area contributed by atoms with Gasteiger partial charge in [-0.1, -0.05) is 37.1 Å². The standard InChI is InChI=1S/C17H17ClF3NO2S/c1-2-3-4-12-5-8-14(9-6-12)25(23,24)22-13-7-10-16(18)15(11-13)17(19,20)21/h5-11,22H,2-4H2,1H3. The molecule has 25 heavy (non-hydrogen) atoms. The van der Waals surface area contributed by atoms with E-state index < -0.39 is 26.8 Å². The van der Waals surface area contributed by atoms with Crippen molar-refractivity contribution in [3.05, 3.63) is 58.6 Å². The zero-order valence-corrected chi connectivity index (χ0v) is 15.0. The van der Waals surface area contributed by atoms with Gasteiger partial charge in [0.1, 0.15) is 0 Å². The number of hydrogen-bond acceptors (Lipinski definition) is 2. The Balaban J connectivity index is 2.24. The van der Waals surface area contributed by atoms with Gasteiger partial charge in [0.15, 0.2) is 0 Å². The van der Waals surface area contributed by atoms with Crippen LogP contribution in [-0.4, -0.2) is 8.42 Å². The molecule has 3 nitrogen and oxygen atoms in total. The summed E-state index contributed by atoms with van der Waals surface area (Å²) in [5.74, 6) is 0. The van der Waals surface area contributed by atoms with Crippen molar-refractivity contribution < 1.29 is 21.6 Å². The molecule has 0 spiro atoms. The summed E-state index contributed by atoms with van der Waals surface area (Å²) in [7, 11) is -3.99. The highest BCUT2D eigenvalue weighted by Gasteiger charge is 2.33. The summed E-state index contributed by atoms with van der Waals surface area (Å²) < 4.78 is 65.5. The van der Waals surface area contributed by atoms with Crippen molar-refractivity contribution in [3.63, 3.8) is 0 Å². The number of halogens is 4. The van der Waals surface area contributed by atoms with E-state index in [-0.39, 0.29) is 10.6 Å². The van der Waals surface area contributed by atoms with E-state index >= 15 is 0 Å². The average Bonchev–Trinajstić information content (AvgIpc) is 2.54. The van der Waals surface area contributed by atoms with Crippen LogP contribution >= 0.6 is 11.6 Å². The van der Waals surface area contributed by atoms with Crippen molar-refractivity contribution >= 4 is 27.3 Å². The van der Waals surface area contributed by atoms with Crippen molar-refractivity contribution in [2.45, 2.75) is 37.3 Å². The molecule has 0 saturated carbocycles. The van der Waals surface area contributed by atoms with Crippen LogP contribution in [0.15, 0.2) is 47.4 Å². The smallest absolute Gasteiger partial charge is 0.280 e. The van der Waals surface area contributed by atoms with Crippen LogP contribution in [0.5, 0.6) is 0 Å². The minimum atomic E-state index is -4.67. The van der Waals surface area contributed by atoms with Crippen molar-refractivity contribution in [2.24, 2.45) is 0 Å². The summed E-state index contributed by atoms with van der Waals surface area (Å²) in [5.41, 5.74) is -0.289. The molecule has 0 radical (unpaired) electrons. The quantitative estimate of drug-likeness (QED) is 0.706. The fourth-order valence-electron chi connectivity index (χ4n) is 2.24. The van der Waals surface area contributed by atoms with Gasteiger partial charge in [-0.3, -0.25) is 4.72 Å². The minimum Gasteiger partial charge on any atom is -0.280 e. The number of nitrogens with one attached hydrogen (secondary N) is 1. The highest BCUT2D eigenvalue weighted by Crippen LogP contribution is 2.36. The summed E-state index contributed by atoms with van der Waals surface area (Å²) in [6, 6.07) is 9.15. The molecule has 0 aromatic heterocycles. The summed E-state index contributed by atoms with van der Waals surface area (Å²) >= 11 is 5.53. The maximum atomic E-state index is 12.9. The van der Waals surface area contributed by atoms with Gasteiger partial charge in [0.2, 0.25) is 0 Å². The van der Waals surface area contributed by atoms with Gasteiger partial charge in [0.25, 0.3) is 10.0 Å². The molecule has 0 unspecified atom stereocenters. The van der Waals surface area contributed by atoms with E-state index in [0.717, 1.165) is 30.9 Å². The predicted molar refractivity (Wildman–Crippen MR) is 92.3 cm³/mol. The Bertz CT molecular complexity index is 834. The molecule has 0 aliphatic heterocycles. The Kier molecular flexibility index (Phi) is 6.00. The SMILES string of the molecule is CCCCc1ccc(S(=O)(=O)Nc2ccc(Cl)c(C(F)(F)F)c2)cc1. The fraction of sp³-hybridized carbons (Fsp3) is 0.294. The minimum absolute atomic E-state index is 0.0174. The van der Waals surface area contributed by atoms with E-state index in [1.807, 2.05) is 0 Å². The van der Waals surface area contributed by atoms with E-state index in [1.54, 1.807) is 12.1 Å². The van der Waals surface area contributed by atoms with Crippen LogP contribution in [0.1, 0.15) is 30.9 Å². The van der Waals surface area contributed by atoms with E-state index in [0.29, 0.717) is 6.07 Å². The van der Waals surface area contributed by atoms with Gasteiger partial charge in [-0.15, -0.1) is 0 Å². The molecule has 2 aromatic carbocycles. The van der Waals surface area contributed by atoms with E-state index in [4.69, 9.17) is 11.6 Å². The van der Waals surface area contributed by atoms with Crippen LogP contribution in [-0.2, 0) is 22.6 Å². The molecule has 0 heterocycles. The first-order valence-corrected chi connectivity index (χ1v) is 9.48. The molecule has 2 aromatic rings. The van der Waals surface area contributed by atoms with Crippen LogP contribution in [0.25, 0.3) is 0 Å². The highest BCUT2D eigenvalue weighted by molar-refractivity contribution is 7.92. The molecule has 1 N–H and O–H groups in total. The molecule has 0 atom stereocenters. The van der Waals surface area contributed by atoms with Crippen LogP contribution < -0.4 is 4.72 Å². The first kappa shape index (κ1) is 19.6. The van der Waals surface area contributed by atoms with Crippen molar-refractivity contribution in [1.82, 2.24) is 0 Å². The van der Waals surface area contributed by atoms with E-state index in [9.17, 15) is 21.6 Å². The van der Waals surface area contributed by atoms with Crippen LogP contribution in [0, 0.1) is 0 Å². The maximum absolute atomic E-state index is 12.9. The van der Waals surface area contributed by atoms with Crippen LogP contribution in [0.3, 0.4) is 0 Å². The first-order chi connectivity index (χ1) is 11.6. The lowest BCUT2D eigenvalue weighted by Crippen LogP contribution is -2.14. The lowest BCUT2D eigenvalue weighted by atomic mass is 10.1. The fourth-order valence-corrected chi connectivity index (χ4v) is 3.51. The second-order valence-corrected chi connectivity index (χ2v) is 7.63. The number of hydrogen-bond donors (Lipinski definition) is 1. The summed E-state index contributed by atoms with van der Waals surface area (Å²) in [6.45, 7) is 2.06. The molecule has 2 rings (SSSR count). The molecular formula is C17H17ClF3NO2S. The summed E-state index contributed by atoms with van der Waals surface area (Å²) in [6.07, 6.45) is -1.80. The van der Waals surface area contributed by atoms with Gasteiger partial charge < -0.3 is 0 Å². The number of rotatable bonds is 6. The zero-order valence-electron chi connectivity index (χ0n) is 13.4. The van der Waals surface area contributed by atoms with Gasteiger partial charge in [-0.25, -0.2) is 8.42 Å². The highest BCUT2D eigenvalue weighted by atomic mass is 35.5. The Morgan fingerprint density at radius 2 is 1.72 bits per heavy atom. The van der Waals surface area contributed by atoms with E-state index in [2.05, 4.69) is 11.6 Å². The van der Waals surface area contributed by atoms with Gasteiger partial charge in [0, 0.05) is 5.69 Å². The van der Waals surface area contributed by atoms with Crippen LogP contribution in [0.4, 0.5) is 18.9 Å². The molecule has 8 heteroatoms. The Hall–Kier alpha value is -1.73. The number of benzene rings is 2. The third kappa shape index (κ3) is 5.12. The summed E-state index contributed by atoms with van der Waals surface area (Å²) in [4.78, 5) is -0.0174. The topological polar surface area (TPSA) is 46.2 Å². The van der Waals surface area contributed by atoms with Crippen molar-refractivity contribution in [3.8, 4) is 0 Å². The third-order valence-corrected chi connectivity index (χ3v) is 5.30. The van der Waals surface area contributed by atoms with Gasteiger partial charge >= 0.3 is 6.18 Å². The molecule has 136 valence electrons. The Morgan fingerprint density at radius 1 is 1.08 bits per heavy atom. The molecule has 0 aliphatic rings. The third-order valence-electron chi connectivity index (χ3n) is 3.58. The molecule has 0 fully saturated rings. The van der Waals surface area contributed by atoms with Gasteiger partial charge in [0.05, 0.1) is 15.5 Å². The lowest BCUT2D eigenvalue weighted by molar-refractivity contribution is -0.137. The number of sulfonamides is 1. The second kappa shape index (κ2) is 7.66. The van der Waals surface area contributed by atoms with Gasteiger partial charge in [-0.05, 0) is 48.7 Å². The number of alkyl halides is 3. The second-order valence-electron chi connectivity index (χ2n) is 5.55. The van der Waals surface area contributed by atoms with Crippen molar-refractivity contribution in [2.75, 3.05) is 4.72 Å². The largest absolute Gasteiger partial charge is 0.417 e. The van der Waals surface area contributed by atoms with Crippen molar-refractivity contribution in [1.29, 1.82) is 0 Å². The number of unbranched alkanes of at least 4 members (excludes halogenated alkanes) is 1.